The average molecular weight is 293 g/mol. The zero-order chi connectivity index (χ0) is 14.7. The maximum absolute atomic E-state index is 11.0. The summed E-state index contributed by atoms with van der Waals surface area (Å²) in [4.78, 5) is 10.5. The molecule has 0 heterocycles. The van der Waals surface area contributed by atoms with Gasteiger partial charge in [0.1, 0.15) is 5.75 Å². The summed E-state index contributed by atoms with van der Waals surface area (Å²) in [5, 5.41) is 11.3. The van der Waals surface area contributed by atoms with Crippen LogP contribution in [0.25, 0.3) is 0 Å². The van der Waals surface area contributed by atoms with Crippen molar-refractivity contribution in [3.63, 3.8) is 0 Å². The second-order valence-corrected chi connectivity index (χ2v) is 4.71. The fourth-order valence-corrected chi connectivity index (χ4v) is 1.96. The van der Waals surface area contributed by atoms with Crippen molar-refractivity contribution in [2.75, 3.05) is 0 Å². The van der Waals surface area contributed by atoms with Crippen LogP contribution in [0, 0.1) is 17.0 Å². The van der Waals surface area contributed by atoms with Gasteiger partial charge in [0.15, 0.2) is 0 Å². The van der Waals surface area contributed by atoms with Gasteiger partial charge >= 0.3 is 5.69 Å². The first-order chi connectivity index (χ1) is 9.51. The Morgan fingerprint density at radius 3 is 2.55 bits per heavy atom. The highest BCUT2D eigenvalue weighted by Gasteiger charge is 2.17. The molecule has 6 heteroatoms. The molecule has 2 aromatic carbocycles. The first-order valence-electron chi connectivity index (χ1n) is 5.92. The molecule has 0 amide bonds. The van der Waals surface area contributed by atoms with Crippen LogP contribution in [0.5, 0.6) is 11.5 Å². The maximum Gasteiger partial charge on any atom is 0.313 e. The highest BCUT2D eigenvalue weighted by Crippen LogP contribution is 2.34. The van der Waals surface area contributed by atoms with E-state index in [9.17, 15) is 10.1 Å². The standard InChI is InChI=1S/C14H13ClN2O3/c1-9-6-10(8-16)2-4-13(9)20-14-5-3-11(15)7-12(14)17(18)19/h2-7H,8,16H2,1H3. The number of nitro benzene ring substituents is 1. The highest BCUT2D eigenvalue weighted by molar-refractivity contribution is 6.30. The lowest BCUT2D eigenvalue weighted by molar-refractivity contribution is -0.385. The Kier molecular flexibility index (Phi) is 4.22. The van der Waals surface area contributed by atoms with Crippen molar-refractivity contribution in [2.24, 2.45) is 5.73 Å². The van der Waals surface area contributed by atoms with E-state index in [0.717, 1.165) is 11.1 Å². The van der Waals surface area contributed by atoms with Gasteiger partial charge in [-0.2, -0.15) is 0 Å². The lowest BCUT2D eigenvalue weighted by Crippen LogP contribution is -1.98. The summed E-state index contributed by atoms with van der Waals surface area (Å²) in [6.07, 6.45) is 0. The molecule has 0 radical (unpaired) electrons. The highest BCUT2D eigenvalue weighted by atomic mass is 35.5. The van der Waals surface area contributed by atoms with Crippen LogP contribution in [0.3, 0.4) is 0 Å². The van der Waals surface area contributed by atoms with Gasteiger partial charge in [0, 0.05) is 17.6 Å². The van der Waals surface area contributed by atoms with Crippen LogP contribution in [-0.2, 0) is 6.54 Å². The molecule has 2 aromatic rings. The molecular weight excluding hydrogens is 280 g/mol. The minimum absolute atomic E-state index is 0.156. The summed E-state index contributed by atoms with van der Waals surface area (Å²) in [5.74, 6) is 0.704. The van der Waals surface area contributed by atoms with Crippen molar-refractivity contribution in [2.45, 2.75) is 13.5 Å². The average Bonchev–Trinajstić information content (AvgIpc) is 2.42. The lowest BCUT2D eigenvalue weighted by Gasteiger charge is -2.10. The first kappa shape index (κ1) is 14.3. The van der Waals surface area contributed by atoms with Crippen molar-refractivity contribution < 1.29 is 9.66 Å². The third kappa shape index (κ3) is 3.07. The molecule has 20 heavy (non-hydrogen) atoms. The van der Waals surface area contributed by atoms with E-state index in [1.54, 1.807) is 12.1 Å². The number of nitrogens with zero attached hydrogens (tertiary/aromatic N) is 1. The van der Waals surface area contributed by atoms with Crippen molar-refractivity contribution in [3.05, 3.63) is 62.7 Å². The molecule has 0 atom stereocenters. The van der Waals surface area contributed by atoms with Crippen molar-refractivity contribution in [3.8, 4) is 11.5 Å². The summed E-state index contributed by atoms with van der Waals surface area (Å²) in [6.45, 7) is 2.29. The molecule has 5 nitrogen and oxygen atoms in total. The van der Waals surface area contributed by atoms with E-state index >= 15 is 0 Å². The topological polar surface area (TPSA) is 78.4 Å². The number of benzene rings is 2. The fraction of sp³-hybridized carbons (Fsp3) is 0.143. The van der Waals surface area contributed by atoms with Gasteiger partial charge in [0.05, 0.1) is 4.92 Å². The zero-order valence-electron chi connectivity index (χ0n) is 10.8. The van der Waals surface area contributed by atoms with Crippen molar-refractivity contribution in [1.29, 1.82) is 0 Å². The van der Waals surface area contributed by atoms with E-state index < -0.39 is 4.92 Å². The summed E-state index contributed by atoms with van der Waals surface area (Å²) >= 11 is 5.76. The van der Waals surface area contributed by atoms with Gasteiger partial charge in [0.25, 0.3) is 0 Å². The predicted molar refractivity (Wildman–Crippen MR) is 77.3 cm³/mol. The number of nitro groups is 1. The van der Waals surface area contributed by atoms with E-state index in [1.807, 2.05) is 19.1 Å². The number of hydrogen-bond acceptors (Lipinski definition) is 4. The van der Waals surface area contributed by atoms with Crippen molar-refractivity contribution >= 4 is 17.3 Å². The molecule has 0 bridgehead atoms. The Labute approximate surface area is 121 Å². The minimum atomic E-state index is -0.523. The number of hydrogen-bond donors (Lipinski definition) is 1. The van der Waals surface area contributed by atoms with E-state index in [4.69, 9.17) is 22.1 Å². The van der Waals surface area contributed by atoms with Gasteiger partial charge in [0.2, 0.25) is 5.75 Å². The molecule has 0 aliphatic rings. The van der Waals surface area contributed by atoms with Crippen LogP contribution < -0.4 is 10.5 Å². The summed E-state index contributed by atoms with van der Waals surface area (Å²) in [6, 6.07) is 9.75. The Bertz CT molecular complexity index is 659. The fourth-order valence-electron chi connectivity index (χ4n) is 1.79. The zero-order valence-corrected chi connectivity index (χ0v) is 11.6. The van der Waals surface area contributed by atoms with E-state index in [-0.39, 0.29) is 11.4 Å². The summed E-state index contributed by atoms with van der Waals surface area (Å²) < 4.78 is 5.61. The quantitative estimate of drug-likeness (QED) is 0.686. The van der Waals surface area contributed by atoms with Gasteiger partial charge in [-0.1, -0.05) is 23.7 Å². The van der Waals surface area contributed by atoms with Crippen LogP contribution in [-0.4, -0.2) is 4.92 Å². The van der Waals surface area contributed by atoms with Crippen LogP contribution in [0.1, 0.15) is 11.1 Å². The second-order valence-electron chi connectivity index (χ2n) is 4.28. The normalized spacial score (nSPS) is 10.3. The van der Waals surface area contributed by atoms with E-state index in [0.29, 0.717) is 17.3 Å². The molecular formula is C14H13ClN2O3. The summed E-state index contributed by atoms with van der Waals surface area (Å²) in [5.41, 5.74) is 7.22. The Morgan fingerprint density at radius 1 is 1.25 bits per heavy atom. The van der Waals surface area contributed by atoms with Gasteiger partial charge in [-0.05, 0) is 36.2 Å². The number of rotatable bonds is 4. The Morgan fingerprint density at radius 2 is 1.95 bits per heavy atom. The van der Waals surface area contributed by atoms with Crippen molar-refractivity contribution in [1.82, 2.24) is 0 Å². The maximum atomic E-state index is 11.0. The van der Waals surface area contributed by atoms with E-state index in [2.05, 4.69) is 0 Å². The molecule has 0 aliphatic heterocycles. The van der Waals surface area contributed by atoms with E-state index in [1.165, 1.54) is 12.1 Å². The Balaban J connectivity index is 2.37. The minimum Gasteiger partial charge on any atom is -0.450 e. The van der Waals surface area contributed by atoms with Crippen LogP contribution in [0.15, 0.2) is 36.4 Å². The molecule has 0 saturated carbocycles. The first-order valence-corrected chi connectivity index (χ1v) is 6.30. The van der Waals surface area contributed by atoms with Gasteiger partial charge in [-0.3, -0.25) is 10.1 Å². The second kappa shape index (κ2) is 5.90. The molecule has 0 spiro atoms. The van der Waals surface area contributed by atoms with Gasteiger partial charge in [-0.25, -0.2) is 0 Å². The molecule has 0 unspecified atom stereocenters. The SMILES string of the molecule is Cc1cc(CN)ccc1Oc1ccc(Cl)cc1[N+](=O)[O-]. The van der Waals surface area contributed by atoms with Crippen LogP contribution >= 0.6 is 11.6 Å². The monoisotopic (exact) mass is 292 g/mol. The summed E-state index contributed by atoms with van der Waals surface area (Å²) in [7, 11) is 0. The molecule has 2 N–H and O–H groups in total. The van der Waals surface area contributed by atoms with Crippen LogP contribution in [0.2, 0.25) is 5.02 Å². The molecule has 2 rings (SSSR count). The van der Waals surface area contributed by atoms with Gasteiger partial charge < -0.3 is 10.5 Å². The lowest BCUT2D eigenvalue weighted by atomic mass is 10.1. The number of aryl methyl sites for hydroxylation is 1. The molecule has 0 saturated heterocycles. The molecule has 0 aliphatic carbocycles. The number of ether oxygens (including phenoxy) is 1. The third-order valence-corrected chi connectivity index (χ3v) is 3.05. The largest absolute Gasteiger partial charge is 0.450 e. The van der Waals surface area contributed by atoms with Gasteiger partial charge in [-0.15, -0.1) is 0 Å². The number of nitrogens with two attached hydrogens (primary N) is 1. The number of halogens is 1. The molecule has 104 valence electrons. The third-order valence-electron chi connectivity index (χ3n) is 2.81. The molecule has 0 aromatic heterocycles. The Hall–Kier alpha value is -2.11. The van der Waals surface area contributed by atoms with Crippen LogP contribution in [0.4, 0.5) is 5.69 Å². The molecule has 0 fully saturated rings. The predicted octanol–water partition coefficient (Wildman–Crippen LogP) is 3.81. The smallest absolute Gasteiger partial charge is 0.313 e.